The normalized spacial score (nSPS) is 21.7. The van der Waals surface area contributed by atoms with E-state index < -0.39 is 0 Å². The quantitative estimate of drug-likeness (QED) is 0.415. The molecule has 1 aliphatic heterocycles. The summed E-state index contributed by atoms with van der Waals surface area (Å²) >= 11 is 0. The molecular formula is C20H33N3O3. The minimum Gasteiger partial charge on any atom is -0.469 e. The van der Waals surface area contributed by atoms with Crippen LogP contribution in [0.3, 0.4) is 0 Å². The lowest BCUT2D eigenvalue weighted by atomic mass is 10.1. The van der Waals surface area contributed by atoms with Crippen LogP contribution >= 0.6 is 0 Å². The fourth-order valence-corrected chi connectivity index (χ4v) is 3.77. The van der Waals surface area contributed by atoms with Gasteiger partial charge in [-0.1, -0.05) is 12.8 Å². The molecule has 0 radical (unpaired) electrons. The van der Waals surface area contributed by atoms with Gasteiger partial charge in [0, 0.05) is 45.1 Å². The van der Waals surface area contributed by atoms with Crippen LogP contribution in [0.5, 0.6) is 0 Å². The molecule has 1 atom stereocenters. The third kappa shape index (κ3) is 6.02. The van der Waals surface area contributed by atoms with Gasteiger partial charge in [-0.15, -0.1) is 0 Å². The first-order valence-electron chi connectivity index (χ1n) is 10.00. The Morgan fingerprint density at radius 3 is 2.96 bits per heavy atom. The second kappa shape index (κ2) is 10.6. The first-order chi connectivity index (χ1) is 12.8. The minimum absolute atomic E-state index is 0.576. The zero-order valence-corrected chi connectivity index (χ0v) is 16.0. The highest BCUT2D eigenvalue weighted by atomic mass is 16.5. The van der Waals surface area contributed by atoms with E-state index >= 15 is 0 Å². The first-order valence-corrected chi connectivity index (χ1v) is 10.00. The highest BCUT2D eigenvalue weighted by Gasteiger charge is 2.27. The summed E-state index contributed by atoms with van der Waals surface area (Å²) in [5, 5.41) is 3.72. The molecule has 0 aromatic carbocycles. The molecule has 26 heavy (non-hydrogen) atoms. The van der Waals surface area contributed by atoms with Crippen molar-refractivity contribution in [1.82, 2.24) is 10.2 Å². The summed E-state index contributed by atoms with van der Waals surface area (Å²) in [7, 11) is 1.71. The summed E-state index contributed by atoms with van der Waals surface area (Å²) in [6, 6.07) is 4.53. The number of nitrogens with zero attached hydrogens (tertiary/aromatic N) is 2. The van der Waals surface area contributed by atoms with Crippen molar-refractivity contribution in [2.24, 2.45) is 10.9 Å². The Balaban J connectivity index is 1.50. The summed E-state index contributed by atoms with van der Waals surface area (Å²) in [5.41, 5.74) is 0. The maximum absolute atomic E-state index is 5.73. The van der Waals surface area contributed by atoms with E-state index in [0.717, 1.165) is 50.8 Å². The van der Waals surface area contributed by atoms with Crippen molar-refractivity contribution in [3.05, 3.63) is 24.2 Å². The molecule has 1 aromatic heterocycles. The van der Waals surface area contributed by atoms with Crippen LogP contribution in [0.15, 0.2) is 27.8 Å². The van der Waals surface area contributed by atoms with Crippen molar-refractivity contribution in [2.45, 2.75) is 44.6 Å². The van der Waals surface area contributed by atoms with Crippen molar-refractivity contribution in [3.8, 4) is 0 Å². The maximum Gasteiger partial charge on any atom is 0.194 e. The molecule has 1 aromatic rings. The van der Waals surface area contributed by atoms with E-state index in [1.54, 1.807) is 13.4 Å². The molecule has 1 aliphatic carbocycles. The molecule has 1 saturated heterocycles. The van der Waals surface area contributed by atoms with Gasteiger partial charge >= 0.3 is 0 Å². The van der Waals surface area contributed by atoms with Gasteiger partial charge in [0.05, 0.1) is 26.1 Å². The lowest BCUT2D eigenvalue weighted by molar-refractivity contribution is 0.0536. The number of rotatable bonds is 9. The lowest BCUT2D eigenvalue weighted by Gasteiger charge is -2.25. The van der Waals surface area contributed by atoms with Crippen molar-refractivity contribution < 1.29 is 13.9 Å². The number of likely N-dealkylation sites (tertiary alicyclic amines) is 1. The van der Waals surface area contributed by atoms with Crippen LogP contribution in [0, 0.1) is 5.92 Å². The van der Waals surface area contributed by atoms with Gasteiger partial charge in [-0.3, -0.25) is 4.99 Å². The number of hydrogen-bond donors (Lipinski definition) is 1. The molecule has 2 fully saturated rings. The predicted octanol–water partition coefficient (Wildman–Crippen LogP) is 2.70. The molecule has 1 N–H and O–H groups in total. The summed E-state index contributed by atoms with van der Waals surface area (Å²) < 4.78 is 16.2. The molecule has 3 rings (SSSR count). The predicted molar refractivity (Wildman–Crippen MR) is 102 cm³/mol. The Labute approximate surface area is 156 Å². The lowest BCUT2D eigenvalue weighted by Crippen LogP contribution is -2.44. The van der Waals surface area contributed by atoms with Crippen LogP contribution in [-0.4, -0.2) is 63.5 Å². The van der Waals surface area contributed by atoms with E-state index in [1.165, 1.54) is 25.7 Å². The van der Waals surface area contributed by atoms with Gasteiger partial charge in [-0.25, -0.2) is 0 Å². The zero-order valence-electron chi connectivity index (χ0n) is 16.0. The third-order valence-electron chi connectivity index (χ3n) is 5.26. The van der Waals surface area contributed by atoms with Crippen LogP contribution in [0.25, 0.3) is 0 Å². The highest BCUT2D eigenvalue weighted by Crippen LogP contribution is 2.20. The monoisotopic (exact) mass is 363 g/mol. The van der Waals surface area contributed by atoms with Gasteiger partial charge in [-0.05, 0) is 31.4 Å². The Morgan fingerprint density at radius 2 is 2.19 bits per heavy atom. The average molecular weight is 364 g/mol. The third-order valence-corrected chi connectivity index (χ3v) is 5.26. The Morgan fingerprint density at radius 1 is 1.31 bits per heavy atom. The molecule has 6 nitrogen and oxygen atoms in total. The number of methoxy groups -OCH3 is 1. The summed E-state index contributed by atoms with van der Waals surface area (Å²) in [6.45, 7) is 4.98. The van der Waals surface area contributed by atoms with Crippen LogP contribution in [-0.2, 0) is 15.9 Å². The van der Waals surface area contributed by atoms with Crippen molar-refractivity contribution in [2.75, 3.05) is 46.6 Å². The van der Waals surface area contributed by atoms with Crippen LogP contribution in [0.4, 0.5) is 0 Å². The molecule has 0 spiro atoms. The molecule has 0 amide bonds. The Bertz CT molecular complexity index is 526. The van der Waals surface area contributed by atoms with E-state index in [0.29, 0.717) is 25.2 Å². The van der Waals surface area contributed by atoms with Gasteiger partial charge < -0.3 is 24.1 Å². The van der Waals surface area contributed by atoms with E-state index in [9.17, 15) is 0 Å². The molecule has 6 heteroatoms. The summed E-state index contributed by atoms with van der Waals surface area (Å²) in [5.74, 6) is 2.65. The standard InChI is InChI=1S/C20H33N3O3/c1-24-13-14-25-16-17-9-11-23(15-17)20(22-18-5-2-3-6-18)21-10-8-19-7-4-12-26-19/h4,7,12,17-18H,2-3,5-6,8-11,13-16H2,1H3,(H,21,22). The largest absolute Gasteiger partial charge is 0.469 e. The molecule has 2 aliphatic rings. The fraction of sp³-hybridized carbons (Fsp3) is 0.750. The molecule has 1 saturated carbocycles. The van der Waals surface area contributed by atoms with Crippen molar-refractivity contribution >= 4 is 5.96 Å². The highest BCUT2D eigenvalue weighted by molar-refractivity contribution is 5.80. The Kier molecular flexibility index (Phi) is 7.83. The molecular weight excluding hydrogens is 330 g/mol. The van der Waals surface area contributed by atoms with Crippen LogP contribution < -0.4 is 5.32 Å². The van der Waals surface area contributed by atoms with Gasteiger partial charge in [-0.2, -0.15) is 0 Å². The molecule has 146 valence electrons. The smallest absolute Gasteiger partial charge is 0.194 e. The van der Waals surface area contributed by atoms with E-state index in [2.05, 4.69) is 10.2 Å². The fourth-order valence-electron chi connectivity index (χ4n) is 3.77. The van der Waals surface area contributed by atoms with Crippen molar-refractivity contribution in [3.63, 3.8) is 0 Å². The average Bonchev–Trinajstić information content (AvgIpc) is 3.40. The van der Waals surface area contributed by atoms with Crippen molar-refractivity contribution in [1.29, 1.82) is 0 Å². The van der Waals surface area contributed by atoms with E-state index in [1.807, 2.05) is 12.1 Å². The van der Waals surface area contributed by atoms with Gasteiger partial charge in [0.1, 0.15) is 5.76 Å². The molecule has 0 bridgehead atoms. The van der Waals surface area contributed by atoms with Gasteiger partial charge in [0.2, 0.25) is 0 Å². The number of ether oxygens (including phenoxy) is 2. The topological polar surface area (TPSA) is 59.2 Å². The van der Waals surface area contributed by atoms with Crippen LogP contribution in [0.1, 0.15) is 37.9 Å². The maximum atomic E-state index is 5.73. The first kappa shape index (κ1) is 19.2. The molecule has 2 heterocycles. The number of furan rings is 1. The van der Waals surface area contributed by atoms with Crippen LogP contribution in [0.2, 0.25) is 0 Å². The Hall–Kier alpha value is -1.53. The van der Waals surface area contributed by atoms with Gasteiger partial charge in [0.15, 0.2) is 5.96 Å². The minimum atomic E-state index is 0.576. The number of hydrogen-bond acceptors (Lipinski definition) is 4. The number of aliphatic imine (C=N–C) groups is 1. The molecule has 1 unspecified atom stereocenters. The number of guanidine groups is 1. The van der Waals surface area contributed by atoms with E-state index in [-0.39, 0.29) is 0 Å². The second-order valence-electron chi connectivity index (χ2n) is 7.33. The summed E-state index contributed by atoms with van der Waals surface area (Å²) in [6.07, 6.45) is 8.91. The van der Waals surface area contributed by atoms with E-state index in [4.69, 9.17) is 18.9 Å². The second-order valence-corrected chi connectivity index (χ2v) is 7.33. The SMILES string of the molecule is COCCOCC1CCN(C(=NCCc2ccco2)NC2CCCC2)C1. The number of nitrogens with one attached hydrogen (secondary N) is 1. The summed E-state index contributed by atoms with van der Waals surface area (Å²) in [4.78, 5) is 7.31. The van der Waals surface area contributed by atoms with Gasteiger partial charge in [0.25, 0.3) is 0 Å². The zero-order chi connectivity index (χ0) is 18.0.